The van der Waals surface area contributed by atoms with E-state index in [1.54, 1.807) is 0 Å². The van der Waals surface area contributed by atoms with Gasteiger partial charge in [-0.05, 0) is 29.8 Å². The average molecular weight is 269 g/mol. The van der Waals surface area contributed by atoms with E-state index in [0.717, 1.165) is 5.69 Å². The minimum atomic E-state index is 0.204. The number of hydrogen-bond donors (Lipinski definition) is 1. The van der Waals surface area contributed by atoms with Crippen molar-refractivity contribution in [2.24, 2.45) is 0 Å². The van der Waals surface area contributed by atoms with E-state index in [4.69, 9.17) is 5.73 Å². The second-order valence-electron chi connectivity index (χ2n) is 3.07. The van der Waals surface area contributed by atoms with Crippen molar-refractivity contribution in [2.75, 3.05) is 5.73 Å². The van der Waals surface area contributed by atoms with Gasteiger partial charge >= 0.3 is 0 Å². The van der Waals surface area contributed by atoms with E-state index in [-0.39, 0.29) is 5.95 Å². The minimum absolute atomic E-state index is 0.204. The van der Waals surface area contributed by atoms with Gasteiger partial charge in [0, 0.05) is 11.8 Å². The maximum Gasteiger partial charge on any atom is 0.240 e. The molecule has 2 heterocycles. The molecule has 0 atom stereocenters. The zero-order valence-corrected chi connectivity index (χ0v) is 9.85. The van der Waals surface area contributed by atoms with Gasteiger partial charge in [0.2, 0.25) is 10.7 Å². The van der Waals surface area contributed by atoms with Gasteiger partial charge in [0.15, 0.2) is 5.82 Å². The number of nitrogen functional groups attached to an aromatic ring is 1. The van der Waals surface area contributed by atoms with Crippen LogP contribution < -0.4 is 5.73 Å². The van der Waals surface area contributed by atoms with E-state index >= 15 is 0 Å². The summed E-state index contributed by atoms with van der Waals surface area (Å²) in [6.07, 6.45) is 0. The monoisotopic (exact) mass is 268 g/mol. The van der Waals surface area contributed by atoms with Gasteiger partial charge in [0.25, 0.3) is 0 Å². The van der Waals surface area contributed by atoms with Crippen LogP contribution in [-0.2, 0) is 0 Å². The topological polar surface area (TPSA) is 82.5 Å². The molecule has 0 aromatic carbocycles. The summed E-state index contributed by atoms with van der Waals surface area (Å²) in [6.45, 7) is 3.72. The summed E-state index contributed by atoms with van der Waals surface area (Å²) in [5.41, 5.74) is 6.35. The van der Waals surface area contributed by atoms with E-state index in [1.165, 1.54) is 4.68 Å². The zero-order chi connectivity index (χ0) is 11.0. The number of aryl methyl sites for hydroxylation is 2. The van der Waals surface area contributed by atoms with Crippen molar-refractivity contribution in [3.8, 4) is 5.82 Å². The minimum Gasteiger partial charge on any atom is -0.366 e. The van der Waals surface area contributed by atoms with Gasteiger partial charge < -0.3 is 5.73 Å². The Morgan fingerprint density at radius 3 is 2.53 bits per heavy atom. The fourth-order valence-corrected chi connectivity index (χ4v) is 1.70. The van der Waals surface area contributed by atoms with Crippen LogP contribution in [0.25, 0.3) is 5.82 Å². The van der Waals surface area contributed by atoms with Crippen LogP contribution in [0.5, 0.6) is 0 Å². The fourth-order valence-electron chi connectivity index (χ4n) is 1.26. The SMILES string of the molecule is Cc1cc(-n2nc(N)nc2Br)nc(C)n1. The molecule has 0 aliphatic heterocycles. The highest BCUT2D eigenvalue weighted by Gasteiger charge is 2.09. The van der Waals surface area contributed by atoms with E-state index in [1.807, 2.05) is 19.9 Å². The van der Waals surface area contributed by atoms with Gasteiger partial charge in [-0.3, -0.25) is 0 Å². The molecule has 2 N–H and O–H groups in total. The molecule has 0 spiro atoms. The summed E-state index contributed by atoms with van der Waals surface area (Å²) in [4.78, 5) is 12.4. The van der Waals surface area contributed by atoms with Crippen LogP contribution in [0.1, 0.15) is 11.5 Å². The van der Waals surface area contributed by atoms with Crippen LogP contribution in [0, 0.1) is 13.8 Å². The number of halogens is 1. The van der Waals surface area contributed by atoms with Gasteiger partial charge in [-0.1, -0.05) is 0 Å². The van der Waals surface area contributed by atoms with Crippen molar-refractivity contribution in [2.45, 2.75) is 13.8 Å². The van der Waals surface area contributed by atoms with Crippen LogP contribution in [-0.4, -0.2) is 24.7 Å². The van der Waals surface area contributed by atoms with Crippen molar-refractivity contribution >= 4 is 21.9 Å². The molecule has 0 radical (unpaired) electrons. The van der Waals surface area contributed by atoms with E-state index in [9.17, 15) is 0 Å². The maximum absolute atomic E-state index is 5.48. The van der Waals surface area contributed by atoms with E-state index in [2.05, 4.69) is 36.0 Å². The molecule has 7 heteroatoms. The normalized spacial score (nSPS) is 10.6. The summed E-state index contributed by atoms with van der Waals surface area (Å²) in [5.74, 6) is 1.54. The third-order valence-corrected chi connectivity index (χ3v) is 2.27. The van der Waals surface area contributed by atoms with Crippen molar-refractivity contribution in [3.05, 3.63) is 22.3 Å². The molecule has 0 aliphatic carbocycles. The lowest BCUT2D eigenvalue weighted by molar-refractivity contribution is 0.806. The first-order valence-corrected chi connectivity index (χ1v) is 5.06. The van der Waals surface area contributed by atoms with E-state index in [0.29, 0.717) is 16.4 Å². The number of hydrogen-bond acceptors (Lipinski definition) is 5. The molecule has 0 saturated carbocycles. The lowest BCUT2D eigenvalue weighted by Crippen LogP contribution is -2.04. The molecule has 0 bridgehead atoms. The number of nitrogens with two attached hydrogens (primary N) is 1. The van der Waals surface area contributed by atoms with Crippen LogP contribution in [0.15, 0.2) is 10.8 Å². The summed E-state index contributed by atoms with van der Waals surface area (Å²) in [7, 11) is 0. The molecule has 15 heavy (non-hydrogen) atoms. The van der Waals surface area contributed by atoms with Gasteiger partial charge in [0.1, 0.15) is 5.82 Å². The summed E-state index contributed by atoms with van der Waals surface area (Å²) < 4.78 is 2.05. The molecule has 0 fully saturated rings. The summed E-state index contributed by atoms with van der Waals surface area (Å²) >= 11 is 3.25. The first kappa shape index (κ1) is 10.0. The Morgan fingerprint density at radius 2 is 2.00 bits per heavy atom. The molecule has 0 unspecified atom stereocenters. The summed E-state index contributed by atoms with van der Waals surface area (Å²) in [5, 5.41) is 4.01. The van der Waals surface area contributed by atoms with Crippen LogP contribution in [0.3, 0.4) is 0 Å². The second kappa shape index (κ2) is 3.58. The standard InChI is InChI=1S/C8H9BrN6/c1-4-3-6(12-5(2)11-4)15-7(9)13-8(10)14-15/h3H,1-2H3,(H2,10,14). The van der Waals surface area contributed by atoms with Gasteiger partial charge in [-0.25, -0.2) is 9.97 Å². The third kappa shape index (κ3) is 1.96. The number of rotatable bonds is 1. The lowest BCUT2D eigenvalue weighted by atomic mass is 10.4. The highest BCUT2D eigenvalue weighted by Crippen LogP contribution is 2.14. The Labute approximate surface area is 94.7 Å². The smallest absolute Gasteiger partial charge is 0.240 e. The molecule has 2 aromatic rings. The molecule has 2 rings (SSSR count). The largest absolute Gasteiger partial charge is 0.366 e. The number of aromatic nitrogens is 5. The average Bonchev–Trinajstić information content (AvgIpc) is 2.43. The highest BCUT2D eigenvalue weighted by atomic mass is 79.9. The molecule has 2 aromatic heterocycles. The lowest BCUT2D eigenvalue weighted by Gasteiger charge is -2.02. The molecular weight excluding hydrogens is 260 g/mol. The Morgan fingerprint density at radius 1 is 1.27 bits per heavy atom. The van der Waals surface area contributed by atoms with Crippen LogP contribution in [0.2, 0.25) is 0 Å². The van der Waals surface area contributed by atoms with Crippen molar-refractivity contribution in [3.63, 3.8) is 0 Å². The van der Waals surface area contributed by atoms with Crippen molar-refractivity contribution in [1.29, 1.82) is 0 Å². The first-order valence-electron chi connectivity index (χ1n) is 4.27. The Bertz CT molecular complexity index is 486. The first-order chi connectivity index (χ1) is 7.06. The molecule has 0 saturated heterocycles. The van der Waals surface area contributed by atoms with Gasteiger partial charge in [0.05, 0.1) is 0 Å². The van der Waals surface area contributed by atoms with Gasteiger partial charge in [-0.15, -0.1) is 5.10 Å². The maximum atomic E-state index is 5.48. The Hall–Kier alpha value is -1.50. The number of anilines is 1. The van der Waals surface area contributed by atoms with Crippen molar-refractivity contribution in [1.82, 2.24) is 24.7 Å². The second-order valence-corrected chi connectivity index (χ2v) is 3.77. The molecule has 0 amide bonds. The molecular formula is C8H9BrN6. The Kier molecular flexibility index (Phi) is 2.39. The van der Waals surface area contributed by atoms with Crippen LogP contribution in [0.4, 0.5) is 5.95 Å². The number of nitrogens with zero attached hydrogens (tertiary/aromatic N) is 5. The quantitative estimate of drug-likeness (QED) is 0.835. The molecule has 0 aliphatic rings. The molecule has 6 nitrogen and oxygen atoms in total. The fraction of sp³-hybridized carbons (Fsp3) is 0.250. The van der Waals surface area contributed by atoms with Gasteiger partial charge in [-0.2, -0.15) is 9.67 Å². The predicted octanol–water partition coefficient (Wildman–Crippen LogP) is 1.02. The zero-order valence-electron chi connectivity index (χ0n) is 8.27. The highest BCUT2D eigenvalue weighted by molar-refractivity contribution is 9.10. The van der Waals surface area contributed by atoms with Crippen molar-refractivity contribution < 1.29 is 0 Å². The van der Waals surface area contributed by atoms with E-state index < -0.39 is 0 Å². The predicted molar refractivity (Wildman–Crippen MR) is 58.5 cm³/mol. The Balaban J connectivity index is 2.58. The molecule has 78 valence electrons. The van der Waals surface area contributed by atoms with Crippen LogP contribution >= 0.6 is 15.9 Å². The summed E-state index contributed by atoms with van der Waals surface area (Å²) in [6, 6.07) is 1.81. The third-order valence-electron chi connectivity index (χ3n) is 1.75.